The van der Waals surface area contributed by atoms with Gasteiger partial charge in [0.05, 0.1) is 6.04 Å². The molecule has 0 spiro atoms. The average molecular weight is 293 g/mol. The van der Waals surface area contributed by atoms with E-state index in [9.17, 15) is 13.2 Å². The quantitative estimate of drug-likeness (QED) is 0.880. The van der Waals surface area contributed by atoms with Gasteiger partial charge in [-0.25, -0.2) is 13.2 Å². The van der Waals surface area contributed by atoms with Gasteiger partial charge in [0.2, 0.25) is 0 Å². The van der Waals surface area contributed by atoms with Gasteiger partial charge in [0.25, 0.3) is 0 Å². The van der Waals surface area contributed by atoms with Crippen LogP contribution in [0, 0.1) is 31.3 Å². The van der Waals surface area contributed by atoms with Gasteiger partial charge >= 0.3 is 0 Å². The van der Waals surface area contributed by atoms with E-state index in [1.807, 2.05) is 19.9 Å². The molecule has 2 aromatic carbocycles. The predicted octanol–water partition coefficient (Wildman–Crippen LogP) is 4.42. The van der Waals surface area contributed by atoms with Crippen molar-refractivity contribution < 1.29 is 13.2 Å². The van der Waals surface area contributed by atoms with E-state index in [-0.39, 0.29) is 5.82 Å². The second-order valence-electron chi connectivity index (χ2n) is 5.17. The Balaban J connectivity index is 2.58. The van der Waals surface area contributed by atoms with Crippen molar-refractivity contribution in [2.24, 2.45) is 0 Å². The van der Waals surface area contributed by atoms with E-state index in [1.165, 1.54) is 18.2 Å². The van der Waals surface area contributed by atoms with Crippen LogP contribution < -0.4 is 5.32 Å². The third-order valence-electron chi connectivity index (χ3n) is 3.40. The van der Waals surface area contributed by atoms with E-state index in [0.717, 1.165) is 17.2 Å². The molecular weight excluding hydrogens is 275 g/mol. The van der Waals surface area contributed by atoms with Gasteiger partial charge in [-0.15, -0.1) is 0 Å². The number of benzene rings is 2. The molecule has 0 heterocycles. The lowest BCUT2D eigenvalue weighted by Crippen LogP contribution is -2.24. The maximum atomic E-state index is 14.3. The number of nitrogens with one attached hydrogen (secondary N) is 1. The van der Waals surface area contributed by atoms with Crippen LogP contribution in [-0.2, 0) is 0 Å². The fraction of sp³-hybridized carbons (Fsp3) is 0.294. The van der Waals surface area contributed by atoms with Gasteiger partial charge in [0.15, 0.2) is 0 Å². The summed E-state index contributed by atoms with van der Waals surface area (Å²) < 4.78 is 41.2. The standard InChI is InChI=1S/C17H18F3N/c1-4-21-17(12-7-13(18)9-14(19)8-12)16-11(3)5-10(2)6-15(16)20/h5-9,17,21H,4H2,1-3H3. The fourth-order valence-corrected chi connectivity index (χ4v) is 2.63. The Hall–Kier alpha value is -1.81. The summed E-state index contributed by atoms with van der Waals surface area (Å²) in [6.07, 6.45) is 0. The lowest BCUT2D eigenvalue weighted by Gasteiger charge is -2.22. The van der Waals surface area contributed by atoms with E-state index in [0.29, 0.717) is 17.7 Å². The van der Waals surface area contributed by atoms with Crippen molar-refractivity contribution in [3.63, 3.8) is 0 Å². The Morgan fingerprint density at radius 2 is 1.57 bits per heavy atom. The summed E-state index contributed by atoms with van der Waals surface area (Å²) in [5.41, 5.74) is 2.37. The molecule has 0 bridgehead atoms. The molecule has 1 N–H and O–H groups in total. The molecule has 112 valence electrons. The Kier molecular flexibility index (Phi) is 4.68. The molecule has 0 saturated heterocycles. The molecule has 0 aromatic heterocycles. The fourth-order valence-electron chi connectivity index (χ4n) is 2.63. The van der Waals surface area contributed by atoms with Crippen molar-refractivity contribution in [2.45, 2.75) is 26.8 Å². The van der Waals surface area contributed by atoms with Crippen LogP contribution in [0.25, 0.3) is 0 Å². The molecule has 0 saturated carbocycles. The molecule has 0 aliphatic carbocycles. The summed E-state index contributed by atoms with van der Waals surface area (Å²) in [5, 5.41) is 3.10. The maximum Gasteiger partial charge on any atom is 0.128 e. The highest BCUT2D eigenvalue weighted by atomic mass is 19.1. The van der Waals surface area contributed by atoms with Crippen LogP contribution in [0.2, 0.25) is 0 Å². The normalized spacial score (nSPS) is 12.5. The molecule has 1 nitrogen and oxygen atoms in total. The van der Waals surface area contributed by atoms with Crippen molar-refractivity contribution in [3.8, 4) is 0 Å². The molecule has 0 aliphatic heterocycles. The lowest BCUT2D eigenvalue weighted by molar-refractivity contribution is 0.540. The molecule has 1 unspecified atom stereocenters. The smallest absolute Gasteiger partial charge is 0.128 e. The van der Waals surface area contributed by atoms with Crippen molar-refractivity contribution in [2.75, 3.05) is 6.54 Å². The van der Waals surface area contributed by atoms with E-state index in [4.69, 9.17) is 0 Å². The summed E-state index contributed by atoms with van der Waals surface area (Å²) in [7, 11) is 0. The van der Waals surface area contributed by atoms with Crippen LogP contribution >= 0.6 is 0 Å². The van der Waals surface area contributed by atoms with Crippen LogP contribution in [0.5, 0.6) is 0 Å². The van der Waals surface area contributed by atoms with Crippen molar-refractivity contribution >= 4 is 0 Å². The van der Waals surface area contributed by atoms with Gasteiger partial charge in [-0.3, -0.25) is 0 Å². The number of hydrogen-bond acceptors (Lipinski definition) is 1. The molecule has 4 heteroatoms. The Labute approximate surface area is 122 Å². The van der Waals surface area contributed by atoms with Crippen molar-refractivity contribution in [3.05, 3.63) is 70.0 Å². The first kappa shape index (κ1) is 15.6. The lowest BCUT2D eigenvalue weighted by atomic mass is 9.93. The molecular formula is C17H18F3N. The minimum absolute atomic E-state index is 0.372. The molecule has 2 aromatic rings. The highest BCUT2D eigenvalue weighted by Gasteiger charge is 2.21. The van der Waals surface area contributed by atoms with Crippen LogP contribution in [0.4, 0.5) is 13.2 Å². The minimum atomic E-state index is -0.668. The van der Waals surface area contributed by atoms with E-state index >= 15 is 0 Å². The van der Waals surface area contributed by atoms with E-state index in [2.05, 4.69) is 5.32 Å². The SMILES string of the molecule is CCNC(c1cc(F)cc(F)c1)c1c(C)cc(C)cc1F. The summed E-state index contributed by atoms with van der Waals surface area (Å²) in [5.74, 6) is -1.71. The van der Waals surface area contributed by atoms with Gasteiger partial charge < -0.3 is 5.32 Å². The van der Waals surface area contributed by atoms with Gasteiger partial charge in [-0.1, -0.05) is 13.0 Å². The Bertz CT molecular complexity index is 609. The minimum Gasteiger partial charge on any atom is -0.306 e. The molecule has 0 radical (unpaired) electrons. The largest absolute Gasteiger partial charge is 0.306 e. The van der Waals surface area contributed by atoms with Crippen LogP contribution in [0.15, 0.2) is 30.3 Å². The molecule has 21 heavy (non-hydrogen) atoms. The van der Waals surface area contributed by atoms with Crippen LogP contribution in [0.3, 0.4) is 0 Å². The van der Waals surface area contributed by atoms with Gasteiger partial charge in [0.1, 0.15) is 17.5 Å². The summed E-state index contributed by atoms with van der Waals surface area (Å²) in [4.78, 5) is 0. The highest BCUT2D eigenvalue weighted by Crippen LogP contribution is 2.29. The number of halogens is 3. The third-order valence-corrected chi connectivity index (χ3v) is 3.40. The van der Waals surface area contributed by atoms with Crippen molar-refractivity contribution in [1.82, 2.24) is 5.32 Å². The monoisotopic (exact) mass is 293 g/mol. The van der Waals surface area contributed by atoms with Crippen LogP contribution in [-0.4, -0.2) is 6.54 Å². The zero-order valence-electron chi connectivity index (χ0n) is 12.3. The first-order valence-corrected chi connectivity index (χ1v) is 6.88. The molecule has 2 rings (SSSR count). The summed E-state index contributed by atoms with van der Waals surface area (Å²) in [6.45, 7) is 6.02. The molecule has 1 atom stereocenters. The topological polar surface area (TPSA) is 12.0 Å². The molecule has 0 fully saturated rings. The van der Waals surface area contributed by atoms with Crippen LogP contribution in [0.1, 0.15) is 35.2 Å². The number of hydrogen-bond donors (Lipinski definition) is 1. The van der Waals surface area contributed by atoms with Gasteiger partial charge in [0, 0.05) is 11.6 Å². The summed E-state index contributed by atoms with van der Waals surface area (Å²) in [6, 6.07) is 5.98. The maximum absolute atomic E-state index is 14.3. The first-order chi connectivity index (χ1) is 9.92. The van der Waals surface area contributed by atoms with Gasteiger partial charge in [-0.2, -0.15) is 0 Å². The van der Waals surface area contributed by atoms with E-state index in [1.54, 1.807) is 6.92 Å². The molecule has 0 amide bonds. The van der Waals surface area contributed by atoms with E-state index < -0.39 is 17.7 Å². The second-order valence-corrected chi connectivity index (χ2v) is 5.17. The average Bonchev–Trinajstić information content (AvgIpc) is 2.35. The second kappa shape index (κ2) is 6.31. The molecule has 0 aliphatic rings. The Morgan fingerprint density at radius 3 is 2.10 bits per heavy atom. The van der Waals surface area contributed by atoms with Crippen molar-refractivity contribution in [1.29, 1.82) is 0 Å². The first-order valence-electron chi connectivity index (χ1n) is 6.88. The number of rotatable bonds is 4. The summed E-state index contributed by atoms with van der Waals surface area (Å²) >= 11 is 0. The zero-order valence-corrected chi connectivity index (χ0v) is 12.3. The third kappa shape index (κ3) is 3.45. The predicted molar refractivity (Wildman–Crippen MR) is 77.8 cm³/mol. The zero-order chi connectivity index (χ0) is 15.6. The highest BCUT2D eigenvalue weighted by molar-refractivity contribution is 5.40. The number of aryl methyl sites for hydroxylation is 2. The van der Waals surface area contributed by atoms with Gasteiger partial charge in [-0.05, 0) is 55.3 Å². The Morgan fingerprint density at radius 1 is 0.952 bits per heavy atom.